The van der Waals surface area contributed by atoms with Gasteiger partial charge >= 0.3 is 12.1 Å². The van der Waals surface area contributed by atoms with E-state index < -0.39 is 35.0 Å². The van der Waals surface area contributed by atoms with Crippen molar-refractivity contribution in [3.8, 4) is 0 Å². The van der Waals surface area contributed by atoms with Gasteiger partial charge in [0, 0.05) is 24.9 Å². The van der Waals surface area contributed by atoms with Crippen LogP contribution < -0.4 is 15.4 Å². The quantitative estimate of drug-likeness (QED) is 0.335. The van der Waals surface area contributed by atoms with Crippen molar-refractivity contribution in [2.45, 2.75) is 69.6 Å². The van der Waals surface area contributed by atoms with Crippen LogP contribution in [0.25, 0.3) is 0 Å². The fraction of sp³-hybridized carbons (Fsp3) is 0.556. The van der Waals surface area contributed by atoms with Crippen LogP contribution in [-0.2, 0) is 30.2 Å². The molecule has 4 atom stereocenters. The minimum atomic E-state index is -5.05. The van der Waals surface area contributed by atoms with Crippen LogP contribution in [0.4, 0.5) is 18.9 Å². The molecule has 1 aliphatic heterocycles. The van der Waals surface area contributed by atoms with Crippen LogP contribution in [0.1, 0.15) is 46.5 Å². The highest BCUT2D eigenvalue weighted by molar-refractivity contribution is 7.83. The lowest BCUT2D eigenvalue weighted by molar-refractivity contribution is -0.167. The topological polar surface area (TPSA) is 128 Å². The number of nitrogens with zero attached hydrogens (tertiary/aromatic N) is 2. The number of likely N-dealkylation sites (tertiary alicyclic amines) is 1. The number of hydrogen-bond donors (Lipinski definition) is 3. The number of rotatable bonds is 11. The van der Waals surface area contributed by atoms with E-state index in [-0.39, 0.29) is 46.5 Å². The summed E-state index contributed by atoms with van der Waals surface area (Å²) in [4.78, 5) is 53.3. The fourth-order valence-corrected chi connectivity index (χ4v) is 4.95. The molecule has 4 amide bonds. The average Bonchev–Trinajstić information content (AvgIpc) is 2.93. The first-order chi connectivity index (χ1) is 19.1. The molecule has 10 nitrogen and oxygen atoms in total. The first kappa shape index (κ1) is 33.9. The smallest absolute Gasteiger partial charge is 0.343 e. The Bertz CT molecular complexity index is 1160. The number of carbonyl (C=O) groups is 4. The summed E-state index contributed by atoms with van der Waals surface area (Å²) >= 11 is 0. The Balaban J connectivity index is 1.97. The molecular weight excluding hydrogens is 563 g/mol. The van der Waals surface area contributed by atoms with E-state index in [1.54, 1.807) is 12.4 Å². The maximum atomic E-state index is 13.3. The minimum absolute atomic E-state index is 0.0600. The molecule has 1 aromatic rings. The van der Waals surface area contributed by atoms with Crippen molar-refractivity contribution in [3.05, 3.63) is 35.9 Å². The summed E-state index contributed by atoms with van der Waals surface area (Å²) in [6, 6.07) is 3.67. The molecule has 1 fully saturated rings. The summed E-state index contributed by atoms with van der Waals surface area (Å²) in [6.45, 7) is 6.19. The van der Waals surface area contributed by atoms with Gasteiger partial charge in [0.1, 0.15) is 6.04 Å². The summed E-state index contributed by atoms with van der Waals surface area (Å²) < 4.78 is 52.0. The van der Waals surface area contributed by atoms with E-state index in [0.29, 0.717) is 6.42 Å². The zero-order valence-electron chi connectivity index (χ0n) is 23.8. The highest BCUT2D eigenvalue weighted by Gasteiger charge is 2.38. The Labute approximate surface area is 240 Å². The normalized spacial score (nSPS) is 18.5. The molecule has 3 N–H and O–H groups in total. The maximum Gasteiger partial charge on any atom is 0.471 e. The van der Waals surface area contributed by atoms with Crippen molar-refractivity contribution < 1.29 is 36.6 Å². The van der Waals surface area contributed by atoms with Crippen LogP contribution in [0, 0.1) is 5.92 Å². The lowest BCUT2D eigenvalue weighted by atomic mass is 9.96. The van der Waals surface area contributed by atoms with Crippen LogP contribution in [-0.4, -0.2) is 83.1 Å². The van der Waals surface area contributed by atoms with Crippen molar-refractivity contribution in [2.75, 3.05) is 32.5 Å². The average molecular weight is 602 g/mol. The summed E-state index contributed by atoms with van der Waals surface area (Å²) in [5, 5.41) is 4.61. The SMILES string of the molecule is CCC(C)C(NC(=O)C1CCCCN1C)C(=O)N(C)C/C=C(\C)C(=O)NS(=O)c1ccc(NC(=O)C(F)(F)F)cc1. The van der Waals surface area contributed by atoms with Crippen LogP contribution in [0.5, 0.6) is 0 Å². The molecule has 0 aliphatic carbocycles. The molecule has 2 rings (SSSR count). The lowest BCUT2D eigenvalue weighted by Crippen LogP contribution is -2.56. The van der Waals surface area contributed by atoms with Gasteiger partial charge < -0.3 is 15.5 Å². The summed E-state index contributed by atoms with van der Waals surface area (Å²) in [6.07, 6.45) is -0.175. The molecule has 1 aliphatic rings. The monoisotopic (exact) mass is 601 g/mol. The van der Waals surface area contributed by atoms with E-state index in [1.165, 1.54) is 30.0 Å². The second kappa shape index (κ2) is 15.1. The zero-order chi connectivity index (χ0) is 30.9. The van der Waals surface area contributed by atoms with Crippen molar-refractivity contribution in [1.29, 1.82) is 0 Å². The molecule has 0 aromatic heterocycles. The molecule has 0 saturated carbocycles. The van der Waals surface area contributed by atoms with Crippen LogP contribution in [0.3, 0.4) is 0 Å². The number of likely N-dealkylation sites (N-methyl/N-ethyl adjacent to an activating group) is 2. The summed E-state index contributed by atoms with van der Waals surface area (Å²) in [5.41, 5.74) is 0.0286. The van der Waals surface area contributed by atoms with E-state index in [2.05, 4.69) is 10.0 Å². The molecule has 0 spiro atoms. The number of anilines is 1. The summed E-state index contributed by atoms with van der Waals surface area (Å²) in [5.74, 6) is -3.41. The lowest BCUT2D eigenvalue weighted by Gasteiger charge is -2.34. The van der Waals surface area contributed by atoms with Crippen molar-refractivity contribution in [3.63, 3.8) is 0 Å². The molecule has 1 aromatic carbocycles. The van der Waals surface area contributed by atoms with E-state index in [9.17, 15) is 36.6 Å². The van der Waals surface area contributed by atoms with Gasteiger partial charge in [-0.2, -0.15) is 13.2 Å². The standard InChI is InChI=1S/C27H38F3N5O5S/c1-6-17(2)22(32-24(37)21-9-7-8-15-34(21)4)25(38)35(5)16-14-18(3)23(36)33-41(40)20-12-10-19(11-13-20)31-26(39)27(28,29)30/h10-14,17,21-22H,6-9,15-16H2,1-5H3,(H,31,39)(H,32,37)(H,33,36)/b18-14+. The Morgan fingerprint density at radius 1 is 1.17 bits per heavy atom. The van der Waals surface area contributed by atoms with Gasteiger partial charge in [0.15, 0.2) is 11.0 Å². The minimum Gasteiger partial charge on any atom is -0.343 e. The third-order valence-electron chi connectivity index (χ3n) is 7.02. The molecule has 0 bridgehead atoms. The number of benzene rings is 1. The Hall–Kier alpha value is -3.26. The van der Waals surface area contributed by atoms with Gasteiger partial charge in [-0.1, -0.05) is 32.8 Å². The first-order valence-corrected chi connectivity index (χ1v) is 14.4. The Morgan fingerprint density at radius 2 is 1.80 bits per heavy atom. The summed E-state index contributed by atoms with van der Waals surface area (Å²) in [7, 11) is 1.43. The van der Waals surface area contributed by atoms with Gasteiger partial charge in [-0.25, -0.2) is 4.21 Å². The van der Waals surface area contributed by atoms with Crippen molar-refractivity contribution in [1.82, 2.24) is 19.8 Å². The van der Waals surface area contributed by atoms with Gasteiger partial charge in [0.25, 0.3) is 5.91 Å². The number of alkyl halides is 3. The number of halogens is 3. The van der Waals surface area contributed by atoms with E-state index in [0.717, 1.165) is 37.9 Å². The zero-order valence-corrected chi connectivity index (χ0v) is 24.7. The fourth-order valence-electron chi connectivity index (χ4n) is 4.12. The van der Waals surface area contributed by atoms with Crippen molar-refractivity contribution in [2.24, 2.45) is 5.92 Å². The van der Waals surface area contributed by atoms with Crippen LogP contribution >= 0.6 is 0 Å². The molecule has 1 saturated heterocycles. The molecule has 14 heteroatoms. The predicted molar refractivity (Wildman–Crippen MR) is 149 cm³/mol. The Kier molecular flexibility index (Phi) is 12.5. The third-order valence-corrected chi connectivity index (χ3v) is 8.10. The van der Waals surface area contributed by atoms with Gasteiger partial charge in [-0.05, 0) is 63.5 Å². The third kappa shape index (κ3) is 9.95. The number of amides is 4. The molecule has 41 heavy (non-hydrogen) atoms. The molecular formula is C27H38F3N5O5S. The van der Waals surface area contributed by atoms with E-state index in [4.69, 9.17) is 0 Å². The van der Waals surface area contributed by atoms with Gasteiger partial charge in [0.2, 0.25) is 11.8 Å². The van der Waals surface area contributed by atoms with E-state index in [1.807, 2.05) is 25.8 Å². The van der Waals surface area contributed by atoms with Gasteiger partial charge in [-0.15, -0.1) is 0 Å². The van der Waals surface area contributed by atoms with Crippen LogP contribution in [0.15, 0.2) is 40.8 Å². The number of piperidine rings is 1. The highest BCUT2D eigenvalue weighted by atomic mass is 32.2. The maximum absolute atomic E-state index is 13.3. The number of carbonyl (C=O) groups excluding carboxylic acids is 4. The Morgan fingerprint density at radius 3 is 2.37 bits per heavy atom. The largest absolute Gasteiger partial charge is 0.471 e. The number of nitrogens with one attached hydrogen (secondary N) is 3. The first-order valence-electron chi connectivity index (χ1n) is 13.3. The molecule has 4 unspecified atom stereocenters. The second-order valence-corrected chi connectivity index (χ2v) is 11.4. The molecule has 0 radical (unpaired) electrons. The highest BCUT2D eigenvalue weighted by Crippen LogP contribution is 2.20. The van der Waals surface area contributed by atoms with Crippen molar-refractivity contribution >= 4 is 40.3 Å². The van der Waals surface area contributed by atoms with Gasteiger partial charge in [-0.3, -0.25) is 28.8 Å². The predicted octanol–water partition coefficient (Wildman–Crippen LogP) is 2.75. The molecule has 228 valence electrons. The number of hydrogen-bond acceptors (Lipinski definition) is 6. The molecule has 1 heterocycles. The van der Waals surface area contributed by atoms with E-state index >= 15 is 0 Å². The van der Waals surface area contributed by atoms with Crippen LogP contribution in [0.2, 0.25) is 0 Å². The van der Waals surface area contributed by atoms with Gasteiger partial charge in [0.05, 0.1) is 10.9 Å². The second-order valence-electron chi connectivity index (χ2n) is 10.1.